The molecule has 1 aromatic carbocycles. The third-order valence-electron chi connectivity index (χ3n) is 1.19. The standard InChI is InChI=1S/C7H7F2N/c8-7(10-9)6-4-2-1-3-5-6/h1-5,7,10H. The zero-order valence-corrected chi connectivity index (χ0v) is 5.22. The lowest BCUT2D eigenvalue weighted by atomic mass is 10.2. The highest BCUT2D eigenvalue weighted by Gasteiger charge is 2.05. The maximum atomic E-state index is 12.4. The zero-order chi connectivity index (χ0) is 7.40. The highest BCUT2D eigenvalue weighted by atomic mass is 19.2. The van der Waals surface area contributed by atoms with Crippen molar-refractivity contribution in [2.45, 2.75) is 6.30 Å². The molecule has 0 spiro atoms. The Morgan fingerprint density at radius 2 is 1.80 bits per heavy atom. The van der Waals surface area contributed by atoms with Gasteiger partial charge < -0.3 is 0 Å². The Hall–Kier alpha value is -0.960. The van der Waals surface area contributed by atoms with Crippen molar-refractivity contribution < 1.29 is 8.87 Å². The van der Waals surface area contributed by atoms with E-state index in [2.05, 4.69) is 0 Å². The number of halogens is 2. The largest absolute Gasteiger partial charge is 0.222 e. The summed E-state index contributed by atoms with van der Waals surface area (Å²) in [7, 11) is 0. The number of alkyl halides is 1. The highest BCUT2D eigenvalue weighted by Crippen LogP contribution is 2.12. The molecule has 0 fully saturated rings. The van der Waals surface area contributed by atoms with Gasteiger partial charge in [0.25, 0.3) is 0 Å². The summed E-state index contributed by atoms with van der Waals surface area (Å²) in [6.45, 7) is 0. The molecular weight excluding hydrogens is 136 g/mol. The molecule has 0 amide bonds. The smallest absolute Gasteiger partial charge is 0.202 e. The molecule has 0 aromatic heterocycles. The molecule has 1 nitrogen and oxygen atoms in total. The van der Waals surface area contributed by atoms with Gasteiger partial charge in [0, 0.05) is 5.56 Å². The number of rotatable bonds is 2. The first kappa shape index (κ1) is 7.15. The van der Waals surface area contributed by atoms with Crippen LogP contribution in [0.4, 0.5) is 8.87 Å². The topological polar surface area (TPSA) is 12.0 Å². The van der Waals surface area contributed by atoms with E-state index in [4.69, 9.17) is 0 Å². The first-order chi connectivity index (χ1) is 4.84. The van der Waals surface area contributed by atoms with Gasteiger partial charge in [0.1, 0.15) is 0 Å². The van der Waals surface area contributed by atoms with Gasteiger partial charge in [-0.25, -0.2) is 4.39 Å². The SMILES string of the molecule is FNC(F)c1ccccc1. The Labute approximate surface area is 57.6 Å². The van der Waals surface area contributed by atoms with E-state index in [1.807, 2.05) is 0 Å². The maximum Gasteiger partial charge on any atom is 0.202 e. The third kappa shape index (κ3) is 1.51. The van der Waals surface area contributed by atoms with E-state index in [9.17, 15) is 8.87 Å². The molecule has 0 saturated heterocycles. The van der Waals surface area contributed by atoms with Crippen molar-refractivity contribution in [2.24, 2.45) is 0 Å². The molecule has 0 radical (unpaired) electrons. The van der Waals surface area contributed by atoms with Crippen molar-refractivity contribution in [3.8, 4) is 0 Å². The van der Waals surface area contributed by atoms with Crippen LogP contribution < -0.4 is 5.54 Å². The second-order valence-corrected chi connectivity index (χ2v) is 1.88. The molecule has 1 aromatic rings. The summed E-state index contributed by atoms with van der Waals surface area (Å²) in [5.74, 6) is 0. The van der Waals surface area contributed by atoms with E-state index in [-0.39, 0.29) is 0 Å². The van der Waals surface area contributed by atoms with Crippen molar-refractivity contribution in [1.29, 1.82) is 0 Å². The van der Waals surface area contributed by atoms with Crippen molar-refractivity contribution in [3.05, 3.63) is 35.9 Å². The molecule has 0 heterocycles. The fraction of sp³-hybridized carbons (Fsp3) is 0.143. The molecule has 1 atom stereocenters. The van der Waals surface area contributed by atoms with Crippen LogP contribution in [-0.2, 0) is 0 Å². The average molecular weight is 143 g/mol. The van der Waals surface area contributed by atoms with Gasteiger partial charge in [-0.2, -0.15) is 0 Å². The maximum absolute atomic E-state index is 12.4. The Morgan fingerprint density at radius 3 is 2.30 bits per heavy atom. The van der Waals surface area contributed by atoms with Crippen LogP contribution in [0.25, 0.3) is 0 Å². The summed E-state index contributed by atoms with van der Waals surface area (Å²) in [6, 6.07) is 8.07. The lowest BCUT2D eigenvalue weighted by molar-refractivity contribution is 0.156. The summed E-state index contributed by atoms with van der Waals surface area (Å²) in [5.41, 5.74) is 1.31. The van der Waals surface area contributed by atoms with Crippen LogP contribution in [-0.4, -0.2) is 0 Å². The summed E-state index contributed by atoms with van der Waals surface area (Å²) < 4.78 is 23.8. The van der Waals surface area contributed by atoms with Crippen LogP contribution in [0.1, 0.15) is 11.9 Å². The molecule has 1 N–H and O–H groups in total. The molecule has 0 saturated carbocycles. The zero-order valence-electron chi connectivity index (χ0n) is 5.22. The predicted molar refractivity (Wildman–Crippen MR) is 34.5 cm³/mol. The third-order valence-corrected chi connectivity index (χ3v) is 1.19. The van der Waals surface area contributed by atoms with Crippen molar-refractivity contribution >= 4 is 0 Å². The fourth-order valence-electron chi connectivity index (χ4n) is 0.685. The Morgan fingerprint density at radius 1 is 1.20 bits per heavy atom. The second-order valence-electron chi connectivity index (χ2n) is 1.88. The van der Waals surface area contributed by atoms with Crippen molar-refractivity contribution in [2.75, 3.05) is 0 Å². The normalized spacial score (nSPS) is 13.0. The second kappa shape index (κ2) is 3.27. The molecular formula is C7H7F2N. The minimum atomic E-state index is -1.71. The van der Waals surface area contributed by atoms with Crippen molar-refractivity contribution in [3.63, 3.8) is 0 Å². The van der Waals surface area contributed by atoms with E-state index < -0.39 is 6.30 Å². The number of nitrogens with one attached hydrogen (secondary N) is 1. The molecule has 54 valence electrons. The summed E-state index contributed by atoms with van der Waals surface area (Å²) in [5, 5.41) is 0. The fourth-order valence-corrected chi connectivity index (χ4v) is 0.685. The average Bonchev–Trinajstić information content (AvgIpc) is 2.05. The van der Waals surface area contributed by atoms with Gasteiger partial charge in [-0.1, -0.05) is 30.3 Å². The molecule has 0 aliphatic heterocycles. The van der Waals surface area contributed by atoms with E-state index >= 15 is 0 Å². The van der Waals surface area contributed by atoms with Gasteiger partial charge in [0.2, 0.25) is 6.30 Å². The quantitative estimate of drug-likeness (QED) is 0.494. The van der Waals surface area contributed by atoms with Gasteiger partial charge in [0.05, 0.1) is 0 Å². The lowest BCUT2D eigenvalue weighted by Crippen LogP contribution is -2.05. The van der Waals surface area contributed by atoms with Gasteiger partial charge in [-0.05, 0) is 0 Å². The van der Waals surface area contributed by atoms with Gasteiger partial charge in [-0.15, -0.1) is 10.0 Å². The van der Waals surface area contributed by atoms with Crippen LogP contribution in [0.3, 0.4) is 0 Å². The van der Waals surface area contributed by atoms with Crippen LogP contribution in [0.2, 0.25) is 0 Å². The van der Waals surface area contributed by atoms with E-state index in [0.717, 1.165) is 5.54 Å². The Bertz CT molecular complexity index is 188. The van der Waals surface area contributed by atoms with Gasteiger partial charge in [0.15, 0.2) is 0 Å². The molecule has 0 aliphatic carbocycles. The monoisotopic (exact) mass is 143 g/mol. The van der Waals surface area contributed by atoms with Crippen LogP contribution >= 0.6 is 0 Å². The first-order valence-corrected chi connectivity index (χ1v) is 2.90. The molecule has 0 aliphatic rings. The van der Waals surface area contributed by atoms with Crippen molar-refractivity contribution in [1.82, 2.24) is 5.54 Å². The molecule has 1 rings (SSSR count). The number of benzene rings is 1. The summed E-state index contributed by atoms with van der Waals surface area (Å²) >= 11 is 0. The highest BCUT2D eigenvalue weighted by molar-refractivity contribution is 5.16. The van der Waals surface area contributed by atoms with Gasteiger partial charge in [-0.3, -0.25) is 0 Å². The minimum Gasteiger partial charge on any atom is -0.222 e. The summed E-state index contributed by atoms with van der Waals surface area (Å²) in [4.78, 5) is 0. The number of hydrogen-bond acceptors (Lipinski definition) is 1. The lowest BCUT2D eigenvalue weighted by Gasteiger charge is -2.01. The number of hydrogen-bond donors (Lipinski definition) is 1. The van der Waals surface area contributed by atoms with Gasteiger partial charge >= 0.3 is 0 Å². The molecule has 1 unspecified atom stereocenters. The van der Waals surface area contributed by atoms with Crippen LogP contribution in [0.5, 0.6) is 0 Å². The molecule has 10 heavy (non-hydrogen) atoms. The van der Waals surface area contributed by atoms with Crippen LogP contribution in [0, 0.1) is 0 Å². The Kier molecular flexibility index (Phi) is 2.34. The van der Waals surface area contributed by atoms with E-state index in [1.165, 1.54) is 12.1 Å². The molecule has 0 bridgehead atoms. The molecule has 3 heteroatoms. The predicted octanol–water partition coefficient (Wildman–Crippen LogP) is 2.13. The van der Waals surface area contributed by atoms with Crippen LogP contribution in [0.15, 0.2) is 30.3 Å². The summed E-state index contributed by atoms with van der Waals surface area (Å²) in [6.07, 6.45) is -1.71. The first-order valence-electron chi connectivity index (χ1n) is 2.90. The Balaban J connectivity index is 2.75. The van der Waals surface area contributed by atoms with E-state index in [1.54, 1.807) is 18.2 Å². The van der Waals surface area contributed by atoms with E-state index in [0.29, 0.717) is 5.56 Å². The minimum absolute atomic E-state index is 0.296.